The molecule has 8 N–H and O–H groups in total. The number of carbonyl (C=O) groups excluding carboxylic acids is 2. The lowest BCUT2D eigenvalue weighted by molar-refractivity contribution is -0.161. The van der Waals surface area contributed by atoms with E-state index in [1.807, 2.05) is 0 Å². The van der Waals surface area contributed by atoms with Gasteiger partial charge in [-0.2, -0.15) is 0 Å². The normalized spacial score (nSPS) is 25.1. The summed E-state index contributed by atoms with van der Waals surface area (Å²) in [4.78, 5) is 62.9. The average molecular weight is 599 g/mol. The molecule has 0 radical (unpaired) electrons. The molecule has 0 bridgehead atoms. The summed E-state index contributed by atoms with van der Waals surface area (Å²) in [5, 5.41) is 40.7. The van der Waals surface area contributed by atoms with Crippen molar-refractivity contribution in [3.8, 4) is 0 Å². The molecule has 6 atom stereocenters. The van der Waals surface area contributed by atoms with Crippen LogP contribution in [0.5, 0.6) is 0 Å². The second-order valence-electron chi connectivity index (χ2n) is 9.45. The lowest BCUT2D eigenvalue weighted by Crippen LogP contribution is -2.62. The maximum Gasteiger partial charge on any atom is 0.353 e. The van der Waals surface area contributed by atoms with Crippen LogP contribution in [0.4, 0.5) is 0 Å². The van der Waals surface area contributed by atoms with E-state index >= 15 is 0 Å². The number of aliphatic carboxylic acids is 2. The van der Waals surface area contributed by atoms with Crippen molar-refractivity contribution in [2.24, 2.45) is 33.3 Å². The number of aliphatic hydroxyl groups excluding tert-OH is 2. The number of nitrogens with zero attached hydrogens (tertiary/aromatic N) is 4. The minimum absolute atomic E-state index is 0.0499. The van der Waals surface area contributed by atoms with Crippen molar-refractivity contribution in [3.63, 3.8) is 0 Å². The third kappa shape index (κ3) is 6.14. The summed E-state index contributed by atoms with van der Waals surface area (Å²) >= 11 is 2.37. The SMILES string of the molecule is C[C@@H](O)[C@H]1C(=O)N2C(C(=O)N3C(C(=O)O)=C(SCCN=CN)C[C@H]3[C@@H](C(=O)O)[C@@H](C)O)=C(SCCN=CN)C[C@H]12. The third-order valence-corrected chi connectivity index (χ3v) is 9.16. The zero-order chi connectivity index (χ0) is 29.7. The van der Waals surface area contributed by atoms with E-state index < -0.39 is 65.6 Å². The third-order valence-electron chi connectivity index (χ3n) is 6.97. The first-order valence-corrected chi connectivity index (χ1v) is 14.6. The minimum atomic E-state index is -1.51. The van der Waals surface area contributed by atoms with E-state index in [-0.39, 0.29) is 30.0 Å². The Morgan fingerprint density at radius 2 is 1.55 bits per heavy atom. The van der Waals surface area contributed by atoms with Gasteiger partial charge < -0.3 is 36.8 Å². The summed E-state index contributed by atoms with van der Waals surface area (Å²) < 4.78 is 0. The Labute approximate surface area is 239 Å². The molecule has 0 aromatic heterocycles. The van der Waals surface area contributed by atoms with Gasteiger partial charge in [-0.25, -0.2) is 4.79 Å². The maximum absolute atomic E-state index is 14.3. The van der Waals surface area contributed by atoms with E-state index in [2.05, 4.69) is 9.98 Å². The fraction of sp³-hybridized carbons (Fsp3) is 0.583. The van der Waals surface area contributed by atoms with Crippen LogP contribution in [-0.4, -0.2) is 116 Å². The number of carboxylic acids is 2. The average Bonchev–Trinajstić information content (AvgIpc) is 3.39. The molecule has 3 aliphatic heterocycles. The zero-order valence-electron chi connectivity index (χ0n) is 22.0. The van der Waals surface area contributed by atoms with E-state index in [9.17, 15) is 39.6 Å². The topological polar surface area (TPSA) is 232 Å². The summed E-state index contributed by atoms with van der Waals surface area (Å²) in [6, 6.07) is -1.74. The van der Waals surface area contributed by atoms with Gasteiger partial charge in [0.15, 0.2) is 0 Å². The van der Waals surface area contributed by atoms with Crippen molar-refractivity contribution in [2.45, 2.75) is 51.0 Å². The number of thioether (sulfide) groups is 2. The molecular formula is C24H34N6O8S2. The van der Waals surface area contributed by atoms with Gasteiger partial charge in [0, 0.05) is 34.2 Å². The molecule has 16 heteroatoms. The molecule has 3 rings (SSSR count). The predicted molar refractivity (Wildman–Crippen MR) is 150 cm³/mol. The summed E-state index contributed by atoms with van der Waals surface area (Å²) in [6.07, 6.45) is 0.0189. The molecule has 2 amide bonds. The Hall–Kier alpha value is -3.08. The van der Waals surface area contributed by atoms with Gasteiger partial charge in [-0.3, -0.25) is 29.3 Å². The predicted octanol–water partition coefficient (Wildman–Crippen LogP) is -0.771. The van der Waals surface area contributed by atoms with Crippen LogP contribution in [-0.2, 0) is 19.2 Å². The Bertz CT molecular complexity index is 1150. The number of fused-ring (bicyclic) bond motifs is 1. The molecule has 0 aromatic rings. The van der Waals surface area contributed by atoms with Gasteiger partial charge in [0.1, 0.15) is 17.3 Å². The summed E-state index contributed by atoms with van der Waals surface area (Å²) in [5.74, 6) is -5.70. The van der Waals surface area contributed by atoms with Crippen LogP contribution in [0.1, 0.15) is 26.7 Å². The molecular weight excluding hydrogens is 564 g/mol. The maximum atomic E-state index is 14.3. The van der Waals surface area contributed by atoms with Crippen molar-refractivity contribution >= 4 is 60.0 Å². The molecule has 0 saturated carbocycles. The quantitative estimate of drug-likeness (QED) is 0.0626. The molecule has 40 heavy (non-hydrogen) atoms. The first-order chi connectivity index (χ1) is 19.0. The number of nitrogens with two attached hydrogens (primary N) is 2. The van der Waals surface area contributed by atoms with E-state index in [4.69, 9.17) is 11.5 Å². The van der Waals surface area contributed by atoms with Crippen LogP contribution < -0.4 is 11.5 Å². The van der Waals surface area contributed by atoms with Crippen molar-refractivity contribution < 1.29 is 39.6 Å². The van der Waals surface area contributed by atoms with Gasteiger partial charge in [-0.05, 0) is 13.8 Å². The molecule has 0 aliphatic carbocycles. The number of hydrogen-bond acceptors (Lipinski definition) is 10. The van der Waals surface area contributed by atoms with E-state index in [1.165, 1.54) is 30.5 Å². The Morgan fingerprint density at radius 1 is 1.00 bits per heavy atom. The van der Waals surface area contributed by atoms with E-state index in [0.717, 1.165) is 29.3 Å². The minimum Gasteiger partial charge on any atom is -0.481 e. The second kappa shape index (κ2) is 13.5. The summed E-state index contributed by atoms with van der Waals surface area (Å²) in [6.45, 7) is 3.34. The lowest BCUT2D eigenvalue weighted by atomic mass is 9.83. The van der Waals surface area contributed by atoms with Crippen LogP contribution >= 0.6 is 23.5 Å². The van der Waals surface area contributed by atoms with E-state index in [0.29, 0.717) is 23.0 Å². The first-order valence-electron chi connectivity index (χ1n) is 12.6. The fourth-order valence-electron chi connectivity index (χ4n) is 5.33. The smallest absolute Gasteiger partial charge is 0.353 e. The number of hydrogen-bond donors (Lipinski definition) is 6. The Kier molecular flexibility index (Phi) is 10.6. The van der Waals surface area contributed by atoms with Crippen LogP contribution in [0, 0.1) is 11.8 Å². The molecule has 0 aromatic carbocycles. The largest absolute Gasteiger partial charge is 0.481 e. The van der Waals surface area contributed by atoms with Crippen LogP contribution in [0.3, 0.4) is 0 Å². The van der Waals surface area contributed by atoms with Gasteiger partial charge in [0.2, 0.25) is 5.91 Å². The zero-order valence-corrected chi connectivity index (χ0v) is 23.7. The second-order valence-corrected chi connectivity index (χ2v) is 11.8. The number of rotatable bonds is 14. The van der Waals surface area contributed by atoms with Gasteiger partial charge in [0.05, 0.1) is 56.0 Å². The number of aliphatic imine (C=N–C) groups is 2. The first kappa shape index (κ1) is 31.4. The lowest BCUT2D eigenvalue weighted by Gasteiger charge is -2.45. The number of β-lactam (4-membered cyclic amide) rings is 1. The van der Waals surface area contributed by atoms with Gasteiger partial charge in [0.25, 0.3) is 5.91 Å². The molecule has 3 heterocycles. The van der Waals surface area contributed by atoms with Crippen molar-refractivity contribution in [1.82, 2.24) is 9.80 Å². The highest BCUT2D eigenvalue weighted by molar-refractivity contribution is 8.03. The fourth-order valence-corrected chi connectivity index (χ4v) is 7.43. The van der Waals surface area contributed by atoms with Crippen molar-refractivity contribution in [3.05, 3.63) is 21.2 Å². The van der Waals surface area contributed by atoms with Gasteiger partial charge in [-0.15, -0.1) is 23.5 Å². The van der Waals surface area contributed by atoms with Gasteiger partial charge in [-0.1, -0.05) is 0 Å². The van der Waals surface area contributed by atoms with Crippen molar-refractivity contribution in [2.75, 3.05) is 24.6 Å². The highest BCUT2D eigenvalue weighted by atomic mass is 32.2. The Morgan fingerprint density at radius 3 is 2.00 bits per heavy atom. The molecule has 14 nitrogen and oxygen atoms in total. The number of aliphatic hydroxyl groups is 2. The van der Waals surface area contributed by atoms with E-state index in [1.54, 1.807) is 0 Å². The van der Waals surface area contributed by atoms with Gasteiger partial charge >= 0.3 is 11.9 Å². The van der Waals surface area contributed by atoms with Crippen LogP contribution in [0.15, 0.2) is 31.2 Å². The molecule has 220 valence electrons. The number of carboxylic acid groups (broad SMARTS) is 2. The molecule has 3 aliphatic rings. The summed E-state index contributed by atoms with van der Waals surface area (Å²) in [5.41, 5.74) is 10.1. The molecule has 0 unspecified atom stereocenters. The standard InChI is InChI=1S/C24H34N6O8S2/c1-11(31)17-13-7-15(39-5-3-27-9-25)19(29(13)21(17)33)22(34)30-14(18(12(2)32)23(35)36)8-16(20(30)24(37)38)40-6-4-28-10-26/h9-14,17-18,31-32H,3-8H2,1-2H3,(H2,25,27)(H2,26,28)(H,35,36)(H,37,38)/t11-,12-,13-,14+,17-,18+/m1/s1. The monoisotopic (exact) mass is 598 g/mol. The molecule has 1 saturated heterocycles. The molecule has 1 fully saturated rings. The highest BCUT2D eigenvalue weighted by Crippen LogP contribution is 2.49. The number of carbonyl (C=O) groups is 4. The molecule has 0 spiro atoms. The Balaban J connectivity index is 2.09. The van der Waals surface area contributed by atoms with Crippen LogP contribution in [0.2, 0.25) is 0 Å². The number of amides is 2. The highest BCUT2D eigenvalue weighted by Gasteiger charge is 2.58. The summed E-state index contributed by atoms with van der Waals surface area (Å²) in [7, 11) is 0. The van der Waals surface area contributed by atoms with Crippen LogP contribution in [0.25, 0.3) is 0 Å². The van der Waals surface area contributed by atoms with Crippen molar-refractivity contribution in [1.29, 1.82) is 0 Å².